The first kappa shape index (κ1) is 23.2. The van der Waals surface area contributed by atoms with E-state index in [1.165, 1.54) is 28.8 Å². The molecule has 0 bridgehead atoms. The zero-order chi connectivity index (χ0) is 24.5. The van der Waals surface area contributed by atoms with Crippen LogP contribution in [0.15, 0.2) is 66.7 Å². The van der Waals surface area contributed by atoms with Crippen LogP contribution in [-0.4, -0.2) is 20.7 Å². The van der Waals surface area contributed by atoms with E-state index < -0.39 is 17.7 Å². The van der Waals surface area contributed by atoms with Crippen molar-refractivity contribution in [3.05, 3.63) is 83.6 Å². The molecule has 1 aromatic heterocycles. The van der Waals surface area contributed by atoms with Crippen molar-refractivity contribution < 1.29 is 32.9 Å². The fourth-order valence-corrected chi connectivity index (χ4v) is 3.86. The van der Waals surface area contributed by atoms with Crippen LogP contribution in [0.5, 0.6) is 17.2 Å². The number of nitrogens with zero attached hydrogens (tertiary/aromatic N) is 1. The number of unbranched alkanes of at least 4 members (excludes halogenated alkanes) is 1. The van der Waals surface area contributed by atoms with Crippen LogP contribution < -0.4 is 4.74 Å². The summed E-state index contributed by atoms with van der Waals surface area (Å²) in [4.78, 5) is 12.4. The molecule has 0 amide bonds. The summed E-state index contributed by atoms with van der Waals surface area (Å²) in [7, 11) is 0. The molecule has 1 heterocycles. The van der Waals surface area contributed by atoms with E-state index >= 15 is 0 Å². The number of hydrogen-bond donors (Lipinski definition) is 2. The van der Waals surface area contributed by atoms with E-state index in [2.05, 4.69) is 6.92 Å². The molecule has 3 aromatic carbocycles. The van der Waals surface area contributed by atoms with Crippen molar-refractivity contribution in [1.82, 2.24) is 4.57 Å². The van der Waals surface area contributed by atoms with Gasteiger partial charge in [-0.25, -0.2) is 4.79 Å². The number of ether oxygens (including phenoxy) is 1. The number of aromatic nitrogens is 1. The van der Waals surface area contributed by atoms with Crippen molar-refractivity contribution in [3.8, 4) is 22.9 Å². The molecule has 0 atom stereocenters. The van der Waals surface area contributed by atoms with E-state index in [0.29, 0.717) is 11.2 Å². The van der Waals surface area contributed by atoms with Gasteiger partial charge in [0.25, 0.3) is 0 Å². The number of hydrogen-bond acceptors (Lipinski definition) is 3. The van der Waals surface area contributed by atoms with Gasteiger partial charge in [-0.05, 0) is 66.9 Å². The van der Waals surface area contributed by atoms with E-state index in [9.17, 15) is 28.2 Å². The summed E-state index contributed by atoms with van der Waals surface area (Å²) < 4.78 is 46.7. The average Bonchev–Trinajstić information content (AvgIpc) is 3.11. The summed E-state index contributed by atoms with van der Waals surface area (Å²) in [5.74, 6) is -1.79. The van der Waals surface area contributed by atoms with Crippen molar-refractivity contribution in [3.63, 3.8) is 0 Å². The lowest BCUT2D eigenvalue weighted by Gasteiger charge is -2.12. The molecule has 176 valence electrons. The number of phenolic OH excluding ortho intramolecular Hbond substituents is 1. The van der Waals surface area contributed by atoms with Gasteiger partial charge >= 0.3 is 12.1 Å². The molecule has 0 saturated carbocycles. The van der Waals surface area contributed by atoms with Gasteiger partial charge in [-0.3, -0.25) is 0 Å². The molecule has 0 aliphatic heterocycles. The number of benzene rings is 3. The third-order valence-electron chi connectivity index (χ3n) is 5.50. The highest BCUT2D eigenvalue weighted by Gasteiger charge is 2.31. The van der Waals surface area contributed by atoms with Gasteiger partial charge in [0, 0.05) is 11.1 Å². The molecular formula is C26H22F3NO4. The fraction of sp³-hybridized carbons (Fsp3) is 0.192. The van der Waals surface area contributed by atoms with Gasteiger partial charge in [0.05, 0.1) is 11.1 Å². The van der Waals surface area contributed by atoms with Gasteiger partial charge in [-0.2, -0.15) is 13.2 Å². The minimum Gasteiger partial charge on any atom is -0.508 e. The normalized spacial score (nSPS) is 11.6. The summed E-state index contributed by atoms with van der Waals surface area (Å²) in [6.45, 7) is 2.10. The number of alkyl halides is 3. The lowest BCUT2D eigenvalue weighted by molar-refractivity contribution is -0.137. The predicted molar refractivity (Wildman–Crippen MR) is 122 cm³/mol. The van der Waals surface area contributed by atoms with Crippen LogP contribution in [0.1, 0.15) is 41.4 Å². The second-order valence-corrected chi connectivity index (χ2v) is 7.92. The molecule has 0 spiro atoms. The topological polar surface area (TPSA) is 71.7 Å². The Morgan fingerprint density at radius 1 is 1.03 bits per heavy atom. The molecule has 0 aliphatic rings. The van der Waals surface area contributed by atoms with Crippen LogP contribution in [-0.2, 0) is 12.6 Å². The molecule has 0 radical (unpaired) electrons. The summed E-state index contributed by atoms with van der Waals surface area (Å²) in [6, 6.07) is 15.9. The second-order valence-electron chi connectivity index (χ2n) is 7.92. The van der Waals surface area contributed by atoms with Crippen LogP contribution in [0.25, 0.3) is 16.6 Å². The number of carboxylic acids is 1. The monoisotopic (exact) mass is 469 g/mol. The van der Waals surface area contributed by atoms with E-state index in [0.717, 1.165) is 37.0 Å². The van der Waals surface area contributed by atoms with Crippen LogP contribution in [0.2, 0.25) is 0 Å². The van der Waals surface area contributed by atoms with Gasteiger partial charge in [0.15, 0.2) is 11.4 Å². The molecule has 8 heteroatoms. The minimum atomic E-state index is -4.58. The number of fused-ring (bicyclic) bond motifs is 1. The molecule has 34 heavy (non-hydrogen) atoms. The number of aryl methyl sites for hydroxylation is 1. The van der Waals surface area contributed by atoms with Gasteiger partial charge < -0.3 is 19.5 Å². The zero-order valence-electron chi connectivity index (χ0n) is 18.3. The number of phenols is 1. The minimum absolute atomic E-state index is 0.134. The summed E-state index contributed by atoms with van der Waals surface area (Å²) >= 11 is 0. The van der Waals surface area contributed by atoms with Gasteiger partial charge in [0.2, 0.25) is 0 Å². The molecule has 4 rings (SSSR count). The van der Waals surface area contributed by atoms with Crippen molar-refractivity contribution in [1.29, 1.82) is 0 Å². The predicted octanol–water partition coefficient (Wildman–Crippen LogP) is 7.19. The van der Waals surface area contributed by atoms with Crippen LogP contribution in [0, 0.1) is 0 Å². The quantitative estimate of drug-likeness (QED) is 0.301. The molecule has 2 N–H and O–H groups in total. The Balaban J connectivity index is 1.89. The molecule has 4 aromatic rings. The maximum absolute atomic E-state index is 13.2. The molecule has 0 unspecified atom stereocenters. The van der Waals surface area contributed by atoms with E-state index in [1.54, 1.807) is 18.2 Å². The van der Waals surface area contributed by atoms with E-state index in [4.69, 9.17) is 4.74 Å². The van der Waals surface area contributed by atoms with Crippen molar-refractivity contribution >= 4 is 16.9 Å². The molecule has 5 nitrogen and oxygen atoms in total. The summed E-state index contributed by atoms with van der Waals surface area (Å²) in [5.41, 5.74) is 0.901. The van der Waals surface area contributed by atoms with Crippen LogP contribution >= 0.6 is 0 Å². The van der Waals surface area contributed by atoms with Crippen LogP contribution in [0.4, 0.5) is 13.2 Å². The lowest BCUT2D eigenvalue weighted by atomic mass is 10.1. The standard InChI is InChI=1S/C26H22F3NO4/c1-2-3-5-16-8-10-18(11-9-16)30-22-13-12-19(31)15-21(22)24(23(30)25(32)33)34-20-7-4-6-17(14-20)26(27,28)29/h4,6-15,31H,2-3,5H2,1H3,(H,32,33). The number of rotatable bonds is 7. The first-order valence-electron chi connectivity index (χ1n) is 10.7. The smallest absolute Gasteiger partial charge is 0.416 e. The van der Waals surface area contributed by atoms with Crippen LogP contribution in [0.3, 0.4) is 0 Å². The number of aromatic carboxylic acids is 1. The Morgan fingerprint density at radius 3 is 2.41 bits per heavy atom. The highest BCUT2D eigenvalue weighted by atomic mass is 19.4. The highest BCUT2D eigenvalue weighted by molar-refractivity contribution is 6.03. The zero-order valence-corrected chi connectivity index (χ0v) is 18.3. The number of carbonyl (C=O) groups is 1. The molecular weight excluding hydrogens is 447 g/mol. The maximum Gasteiger partial charge on any atom is 0.416 e. The number of halogens is 3. The summed E-state index contributed by atoms with van der Waals surface area (Å²) in [6.07, 6.45) is -1.61. The Morgan fingerprint density at radius 2 is 1.76 bits per heavy atom. The third-order valence-corrected chi connectivity index (χ3v) is 5.50. The lowest BCUT2D eigenvalue weighted by Crippen LogP contribution is -2.08. The van der Waals surface area contributed by atoms with E-state index in [1.807, 2.05) is 12.1 Å². The van der Waals surface area contributed by atoms with Crippen molar-refractivity contribution in [2.24, 2.45) is 0 Å². The molecule has 0 aliphatic carbocycles. The first-order chi connectivity index (χ1) is 16.2. The average molecular weight is 469 g/mol. The van der Waals surface area contributed by atoms with E-state index in [-0.39, 0.29) is 28.3 Å². The molecule has 0 fully saturated rings. The first-order valence-corrected chi connectivity index (χ1v) is 10.7. The Hall–Kier alpha value is -3.94. The third kappa shape index (κ3) is 4.57. The fourth-order valence-electron chi connectivity index (χ4n) is 3.86. The van der Waals surface area contributed by atoms with Gasteiger partial charge in [-0.1, -0.05) is 31.5 Å². The van der Waals surface area contributed by atoms with Gasteiger partial charge in [0.1, 0.15) is 11.5 Å². The van der Waals surface area contributed by atoms with Crippen molar-refractivity contribution in [2.75, 3.05) is 0 Å². The van der Waals surface area contributed by atoms with Gasteiger partial charge in [-0.15, -0.1) is 0 Å². The Labute approximate surface area is 193 Å². The highest BCUT2D eigenvalue weighted by Crippen LogP contribution is 2.41. The summed E-state index contributed by atoms with van der Waals surface area (Å²) in [5, 5.41) is 20.4. The second kappa shape index (κ2) is 9.13. The maximum atomic E-state index is 13.2. The Bertz CT molecular complexity index is 1340. The van der Waals surface area contributed by atoms with Crippen molar-refractivity contribution in [2.45, 2.75) is 32.4 Å². The molecule has 0 saturated heterocycles. The number of aromatic hydroxyl groups is 1. The number of carboxylic acid groups (broad SMARTS) is 1. The largest absolute Gasteiger partial charge is 0.508 e. The SMILES string of the molecule is CCCCc1ccc(-n2c(C(=O)O)c(Oc3cccc(C(F)(F)F)c3)c3cc(O)ccc32)cc1. The Kier molecular flexibility index (Phi) is 6.24.